The van der Waals surface area contributed by atoms with Crippen LogP contribution in [0.5, 0.6) is 0 Å². The van der Waals surface area contributed by atoms with E-state index in [2.05, 4.69) is 12.1 Å². The highest BCUT2D eigenvalue weighted by atomic mass is 35.5. The molecule has 0 bridgehead atoms. The number of para-hydroxylation sites is 1. The first-order valence-electron chi connectivity index (χ1n) is 10.1. The van der Waals surface area contributed by atoms with Crippen molar-refractivity contribution in [1.29, 1.82) is 5.26 Å². The van der Waals surface area contributed by atoms with Crippen molar-refractivity contribution in [2.45, 2.75) is 25.7 Å². The molecule has 0 fully saturated rings. The van der Waals surface area contributed by atoms with E-state index in [4.69, 9.17) is 21.8 Å². The van der Waals surface area contributed by atoms with E-state index in [1.807, 2.05) is 48.5 Å². The summed E-state index contributed by atoms with van der Waals surface area (Å²) in [5.74, 6) is -0.0564. The number of amides is 1. The molecule has 0 atom stereocenters. The lowest BCUT2D eigenvalue weighted by atomic mass is 9.85. The summed E-state index contributed by atoms with van der Waals surface area (Å²) in [7, 11) is 1.75. The van der Waals surface area contributed by atoms with Crippen molar-refractivity contribution in [3.63, 3.8) is 0 Å². The summed E-state index contributed by atoms with van der Waals surface area (Å²) in [6.45, 7) is 0.406. The Hall–Kier alpha value is -3.16. The molecule has 0 saturated heterocycles. The number of hydrogen-bond acceptors (Lipinski definition) is 3. The first-order valence-corrected chi connectivity index (χ1v) is 10.5. The molecule has 150 valence electrons. The Balaban J connectivity index is 1.90. The fourth-order valence-electron chi connectivity index (χ4n) is 4.01. The van der Waals surface area contributed by atoms with E-state index in [1.54, 1.807) is 11.9 Å². The van der Waals surface area contributed by atoms with E-state index in [0.717, 1.165) is 52.6 Å². The summed E-state index contributed by atoms with van der Waals surface area (Å²) < 4.78 is 0. The van der Waals surface area contributed by atoms with Gasteiger partial charge >= 0.3 is 0 Å². The molecule has 1 aromatic heterocycles. The van der Waals surface area contributed by atoms with Gasteiger partial charge in [0.1, 0.15) is 0 Å². The molecule has 0 aliphatic heterocycles. The number of nitriles is 1. The highest BCUT2D eigenvalue weighted by Gasteiger charge is 2.26. The van der Waals surface area contributed by atoms with Crippen molar-refractivity contribution in [3.8, 4) is 6.07 Å². The van der Waals surface area contributed by atoms with Crippen LogP contribution in [0.4, 0.5) is 0 Å². The van der Waals surface area contributed by atoms with Gasteiger partial charge in [-0.15, -0.1) is 0 Å². The maximum Gasteiger partial charge on any atom is 0.254 e. The molecule has 0 unspecified atom stereocenters. The molecule has 1 aliphatic rings. The van der Waals surface area contributed by atoms with Crippen LogP contribution in [0.2, 0.25) is 5.02 Å². The molecule has 0 spiro atoms. The zero-order valence-corrected chi connectivity index (χ0v) is 17.6. The van der Waals surface area contributed by atoms with Gasteiger partial charge < -0.3 is 4.90 Å². The largest absolute Gasteiger partial charge is 0.341 e. The van der Waals surface area contributed by atoms with Gasteiger partial charge in [-0.25, -0.2) is 4.98 Å². The lowest BCUT2D eigenvalue weighted by molar-refractivity contribution is 0.0798. The molecule has 1 amide bonds. The first-order chi connectivity index (χ1) is 14.6. The topological polar surface area (TPSA) is 57.0 Å². The van der Waals surface area contributed by atoms with Crippen molar-refractivity contribution >= 4 is 40.1 Å². The Morgan fingerprint density at radius 3 is 2.77 bits per heavy atom. The molecular weight excluding hydrogens is 394 g/mol. The van der Waals surface area contributed by atoms with Crippen molar-refractivity contribution in [2.75, 3.05) is 13.6 Å². The van der Waals surface area contributed by atoms with Gasteiger partial charge in [-0.05, 0) is 54.2 Å². The van der Waals surface area contributed by atoms with Gasteiger partial charge in [0, 0.05) is 24.0 Å². The molecule has 1 aliphatic carbocycles. The predicted octanol–water partition coefficient (Wildman–Crippen LogP) is 5.75. The van der Waals surface area contributed by atoms with Crippen LogP contribution in [0.25, 0.3) is 22.6 Å². The van der Waals surface area contributed by atoms with Crippen molar-refractivity contribution in [2.24, 2.45) is 0 Å². The van der Waals surface area contributed by atoms with Crippen LogP contribution in [-0.2, 0) is 6.42 Å². The van der Waals surface area contributed by atoms with Gasteiger partial charge in [0.05, 0.1) is 29.3 Å². The Bertz CT molecular complexity index is 1190. The van der Waals surface area contributed by atoms with E-state index in [0.29, 0.717) is 23.6 Å². The maximum absolute atomic E-state index is 13.4. The Morgan fingerprint density at radius 2 is 1.97 bits per heavy atom. The molecule has 4 rings (SSSR count). The number of carbonyl (C=O) groups is 1. The summed E-state index contributed by atoms with van der Waals surface area (Å²) in [5.41, 5.74) is 5.45. The number of allylic oxidation sites excluding steroid dienone is 1. The molecule has 5 heteroatoms. The third kappa shape index (κ3) is 3.81. The van der Waals surface area contributed by atoms with Gasteiger partial charge in [0.15, 0.2) is 0 Å². The third-order valence-corrected chi connectivity index (χ3v) is 5.87. The minimum atomic E-state index is -0.0564. The zero-order chi connectivity index (χ0) is 21.1. The zero-order valence-electron chi connectivity index (χ0n) is 16.9. The number of nitrogens with zero attached hydrogens (tertiary/aromatic N) is 3. The Morgan fingerprint density at radius 1 is 1.20 bits per heavy atom. The van der Waals surface area contributed by atoms with E-state index in [-0.39, 0.29) is 5.91 Å². The van der Waals surface area contributed by atoms with Crippen LogP contribution in [-0.4, -0.2) is 29.4 Å². The molecule has 4 nitrogen and oxygen atoms in total. The average molecular weight is 416 g/mol. The fourth-order valence-corrected chi connectivity index (χ4v) is 4.20. The van der Waals surface area contributed by atoms with Gasteiger partial charge in [0.2, 0.25) is 0 Å². The van der Waals surface area contributed by atoms with Gasteiger partial charge in [-0.3, -0.25) is 4.79 Å². The second-order valence-corrected chi connectivity index (χ2v) is 7.92. The van der Waals surface area contributed by atoms with Gasteiger partial charge in [-0.2, -0.15) is 5.26 Å². The van der Waals surface area contributed by atoms with Crippen LogP contribution in [0, 0.1) is 11.3 Å². The second kappa shape index (κ2) is 8.69. The standard InChI is InChI=1S/C25H22ClN3O/c1-29(15-7-14-27)25(30)23-19-10-3-5-13-22(19)28-24-18(9-6-11-20(23)24)16-17-8-2-4-12-21(17)26/h2-5,8,10,12-13,16H,6-7,9,11,15H2,1H3. The number of fused-ring (bicyclic) bond motifs is 2. The Kier molecular flexibility index (Phi) is 5.83. The van der Waals surface area contributed by atoms with Crippen LogP contribution >= 0.6 is 11.6 Å². The quantitative estimate of drug-likeness (QED) is 0.545. The fraction of sp³-hybridized carbons (Fsp3) is 0.240. The van der Waals surface area contributed by atoms with Gasteiger partial charge in [0.25, 0.3) is 5.91 Å². The number of carbonyl (C=O) groups excluding carboxylic acids is 1. The number of halogens is 1. The van der Waals surface area contributed by atoms with E-state index >= 15 is 0 Å². The van der Waals surface area contributed by atoms with Crippen LogP contribution in [0.1, 0.15) is 46.4 Å². The van der Waals surface area contributed by atoms with Crippen molar-refractivity contribution in [3.05, 3.63) is 75.9 Å². The Labute approximate surface area is 181 Å². The smallest absolute Gasteiger partial charge is 0.254 e. The summed E-state index contributed by atoms with van der Waals surface area (Å²) in [6.07, 6.45) is 5.05. The minimum absolute atomic E-state index is 0.0564. The second-order valence-electron chi connectivity index (χ2n) is 7.51. The normalized spacial score (nSPS) is 14.4. The molecule has 3 aromatic rings. The highest BCUT2D eigenvalue weighted by molar-refractivity contribution is 6.32. The number of aromatic nitrogens is 1. The number of rotatable bonds is 4. The maximum atomic E-state index is 13.4. The van der Waals surface area contributed by atoms with Crippen molar-refractivity contribution in [1.82, 2.24) is 9.88 Å². The summed E-state index contributed by atoms with van der Waals surface area (Å²) >= 11 is 6.39. The van der Waals surface area contributed by atoms with Gasteiger partial charge in [-0.1, -0.05) is 48.0 Å². The third-order valence-electron chi connectivity index (χ3n) is 5.52. The molecule has 30 heavy (non-hydrogen) atoms. The SMILES string of the molecule is CN(CCC#N)C(=O)c1c2c(nc3ccccc13)C(=Cc1ccccc1Cl)CCC2. The van der Waals surface area contributed by atoms with E-state index < -0.39 is 0 Å². The molecule has 1 heterocycles. The van der Waals surface area contributed by atoms with Crippen molar-refractivity contribution < 1.29 is 4.79 Å². The number of benzene rings is 2. The van der Waals surface area contributed by atoms with E-state index in [1.165, 1.54) is 0 Å². The first kappa shape index (κ1) is 20.1. The average Bonchev–Trinajstić information content (AvgIpc) is 2.77. The monoisotopic (exact) mass is 415 g/mol. The molecule has 0 N–H and O–H groups in total. The number of hydrogen-bond donors (Lipinski definition) is 0. The lowest BCUT2D eigenvalue weighted by Gasteiger charge is -2.25. The molecule has 0 saturated carbocycles. The summed E-state index contributed by atoms with van der Waals surface area (Å²) in [5, 5.41) is 10.5. The summed E-state index contributed by atoms with van der Waals surface area (Å²) in [6, 6.07) is 17.7. The molecule has 0 radical (unpaired) electrons. The minimum Gasteiger partial charge on any atom is -0.341 e. The number of pyridine rings is 1. The van der Waals surface area contributed by atoms with Crippen LogP contribution in [0.15, 0.2) is 48.5 Å². The lowest BCUT2D eigenvalue weighted by Crippen LogP contribution is -2.29. The summed E-state index contributed by atoms with van der Waals surface area (Å²) in [4.78, 5) is 20.0. The van der Waals surface area contributed by atoms with Crippen LogP contribution in [0.3, 0.4) is 0 Å². The molecule has 2 aromatic carbocycles. The highest BCUT2D eigenvalue weighted by Crippen LogP contribution is 2.37. The van der Waals surface area contributed by atoms with E-state index in [9.17, 15) is 4.79 Å². The van der Waals surface area contributed by atoms with Crippen LogP contribution < -0.4 is 0 Å². The molecular formula is C25H22ClN3O. The predicted molar refractivity (Wildman–Crippen MR) is 121 cm³/mol.